The molecule has 1 N–H and O–H groups in total. The lowest BCUT2D eigenvalue weighted by molar-refractivity contribution is -0.146. The number of carbonyl (C=O) groups excluding carboxylic acids is 2. The predicted molar refractivity (Wildman–Crippen MR) is 141 cm³/mol. The van der Waals surface area contributed by atoms with E-state index in [1.807, 2.05) is 68.3 Å². The van der Waals surface area contributed by atoms with E-state index in [9.17, 15) is 9.59 Å². The molecule has 3 rings (SSSR count). The number of hydrogen-bond donors (Lipinski definition) is 1. The van der Waals surface area contributed by atoms with Crippen molar-refractivity contribution in [2.45, 2.75) is 47.6 Å². The number of nitrogens with zero attached hydrogens (tertiary/aromatic N) is 2. The van der Waals surface area contributed by atoms with Crippen LogP contribution in [0.25, 0.3) is 10.9 Å². The maximum atomic E-state index is 13.6. The van der Waals surface area contributed by atoms with Gasteiger partial charge in [0.15, 0.2) is 0 Å². The summed E-state index contributed by atoms with van der Waals surface area (Å²) in [6, 6.07) is 16.0. The average Bonchev–Trinajstić information content (AvgIpc) is 3.23. The number of methoxy groups -OCH3 is 1. The third kappa shape index (κ3) is 7.10. The van der Waals surface area contributed by atoms with Gasteiger partial charge in [0, 0.05) is 42.1 Å². The number of amides is 2. The van der Waals surface area contributed by atoms with E-state index in [1.165, 1.54) is 10.9 Å². The van der Waals surface area contributed by atoms with Crippen molar-refractivity contribution in [1.82, 2.24) is 14.8 Å². The normalized spacial score (nSPS) is 11.6. The van der Waals surface area contributed by atoms with Crippen LogP contribution in [0.4, 0.5) is 0 Å². The molecule has 2 aromatic carbocycles. The number of H-pyrrole nitrogens is 1. The van der Waals surface area contributed by atoms with Crippen molar-refractivity contribution in [2.75, 3.05) is 26.7 Å². The van der Waals surface area contributed by atoms with Gasteiger partial charge < -0.3 is 19.5 Å². The van der Waals surface area contributed by atoms with Crippen LogP contribution >= 0.6 is 0 Å². The zero-order valence-corrected chi connectivity index (χ0v) is 21.9. The molecular formula is C29H39N3O3. The number of aromatic amines is 1. The molecule has 2 amide bonds. The molecule has 188 valence electrons. The predicted octanol–water partition coefficient (Wildman–Crippen LogP) is 5.28. The number of fused-ring (bicyclic) bond motifs is 1. The summed E-state index contributed by atoms with van der Waals surface area (Å²) in [6.07, 6.45) is 2.75. The molecule has 0 radical (unpaired) electrons. The molecule has 1 heterocycles. The van der Waals surface area contributed by atoms with E-state index in [1.54, 1.807) is 12.0 Å². The highest BCUT2D eigenvalue weighted by molar-refractivity contribution is 5.87. The topological polar surface area (TPSA) is 65.6 Å². The number of ether oxygens (including phenoxy) is 1. The average molecular weight is 478 g/mol. The number of benzene rings is 2. The first-order valence-corrected chi connectivity index (χ1v) is 12.3. The molecule has 0 atom stereocenters. The van der Waals surface area contributed by atoms with Crippen molar-refractivity contribution in [2.24, 2.45) is 11.3 Å². The molecule has 0 aliphatic carbocycles. The largest absolute Gasteiger partial charge is 0.497 e. The van der Waals surface area contributed by atoms with Gasteiger partial charge in [-0.3, -0.25) is 9.59 Å². The van der Waals surface area contributed by atoms with Gasteiger partial charge >= 0.3 is 0 Å². The molecule has 0 spiro atoms. The number of hydrogen-bond acceptors (Lipinski definition) is 3. The van der Waals surface area contributed by atoms with Gasteiger partial charge in [0.25, 0.3) is 0 Å². The monoisotopic (exact) mass is 477 g/mol. The Balaban J connectivity index is 1.81. The Bertz CT molecular complexity index is 1130. The van der Waals surface area contributed by atoms with Gasteiger partial charge in [-0.2, -0.15) is 0 Å². The van der Waals surface area contributed by atoms with Crippen LogP contribution in [0.5, 0.6) is 5.75 Å². The Hall–Kier alpha value is -3.28. The van der Waals surface area contributed by atoms with Crippen LogP contribution in [0.2, 0.25) is 0 Å². The van der Waals surface area contributed by atoms with Gasteiger partial charge in [0.05, 0.1) is 13.7 Å². The second-order valence-electron chi connectivity index (χ2n) is 10.6. The second kappa shape index (κ2) is 11.4. The molecule has 0 fully saturated rings. The fourth-order valence-corrected chi connectivity index (χ4v) is 4.23. The summed E-state index contributed by atoms with van der Waals surface area (Å²) in [5.74, 6) is 1.01. The minimum Gasteiger partial charge on any atom is -0.497 e. The maximum Gasteiger partial charge on any atom is 0.242 e. The van der Waals surface area contributed by atoms with E-state index in [0.717, 1.165) is 23.3 Å². The zero-order chi connectivity index (χ0) is 25.6. The number of aromatic nitrogens is 1. The number of nitrogens with one attached hydrogen (secondary N) is 1. The van der Waals surface area contributed by atoms with Crippen LogP contribution in [0.1, 0.15) is 45.7 Å². The van der Waals surface area contributed by atoms with Gasteiger partial charge in [0.1, 0.15) is 5.75 Å². The van der Waals surface area contributed by atoms with E-state index >= 15 is 0 Å². The molecule has 0 bridgehead atoms. The summed E-state index contributed by atoms with van der Waals surface area (Å²) in [5, 5.41) is 1.17. The van der Waals surface area contributed by atoms with Crippen LogP contribution in [0.3, 0.4) is 0 Å². The Morgan fingerprint density at radius 3 is 2.31 bits per heavy atom. The van der Waals surface area contributed by atoms with E-state index in [4.69, 9.17) is 4.74 Å². The van der Waals surface area contributed by atoms with Crippen LogP contribution in [-0.4, -0.2) is 53.3 Å². The van der Waals surface area contributed by atoms with Gasteiger partial charge in [-0.15, -0.1) is 0 Å². The molecule has 0 aliphatic heterocycles. The number of rotatable bonds is 10. The van der Waals surface area contributed by atoms with E-state index in [-0.39, 0.29) is 24.3 Å². The SMILES string of the molecule is COc1ccc(CN(CCc2c[nH]c3ccccc23)C(=O)CN(CC(C)C)C(=O)C(C)(C)C)cc1. The van der Waals surface area contributed by atoms with Gasteiger partial charge in [-0.1, -0.05) is 65.0 Å². The Morgan fingerprint density at radius 2 is 1.69 bits per heavy atom. The third-order valence-corrected chi connectivity index (χ3v) is 6.05. The van der Waals surface area contributed by atoms with Crippen molar-refractivity contribution in [3.63, 3.8) is 0 Å². The lowest BCUT2D eigenvalue weighted by atomic mass is 9.94. The highest BCUT2D eigenvalue weighted by Gasteiger charge is 2.30. The minimum atomic E-state index is -0.542. The van der Waals surface area contributed by atoms with E-state index < -0.39 is 5.41 Å². The first kappa shape index (κ1) is 26.3. The maximum absolute atomic E-state index is 13.6. The molecule has 3 aromatic rings. The van der Waals surface area contributed by atoms with E-state index in [0.29, 0.717) is 19.6 Å². The van der Waals surface area contributed by atoms with Crippen molar-refractivity contribution in [3.8, 4) is 5.75 Å². The highest BCUT2D eigenvalue weighted by atomic mass is 16.5. The molecule has 1 aromatic heterocycles. The van der Waals surface area contributed by atoms with Crippen molar-refractivity contribution in [1.29, 1.82) is 0 Å². The Kier molecular flexibility index (Phi) is 8.60. The standard InChI is InChI=1S/C29H39N3O3/c1-21(2)18-32(28(34)29(3,4)5)20-27(33)31(19-22-11-13-24(35-6)14-12-22)16-15-23-17-30-26-10-8-7-9-25(23)26/h7-14,17,21,30H,15-16,18-20H2,1-6H3. The van der Waals surface area contributed by atoms with Crippen LogP contribution in [0.15, 0.2) is 54.7 Å². The van der Waals surface area contributed by atoms with Gasteiger partial charge in [0.2, 0.25) is 11.8 Å². The third-order valence-electron chi connectivity index (χ3n) is 6.05. The molecule has 35 heavy (non-hydrogen) atoms. The van der Waals surface area contributed by atoms with Crippen LogP contribution in [0, 0.1) is 11.3 Å². The van der Waals surface area contributed by atoms with Crippen molar-refractivity contribution in [3.05, 3.63) is 65.9 Å². The van der Waals surface area contributed by atoms with Crippen molar-refractivity contribution < 1.29 is 14.3 Å². The van der Waals surface area contributed by atoms with Crippen LogP contribution < -0.4 is 4.74 Å². The minimum absolute atomic E-state index is 0.000533. The van der Waals surface area contributed by atoms with Gasteiger partial charge in [-0.25, -0.2) is 0 Å². The summed E-state index contributed by atoms with van der Waals surface area (Å²) < 4.78 is 5.28. The first-order chi connectivity index (χ1) is 16.6. The summed E-state index contributed by atoms with van der Waals surface area (Å²) in [4.78, 5) is 33.6. The first-order valence-electron chi connectivity index (χ1n) is 12.3. The molecular weight excluding hydrogens is 438 g/mol. The lowest BCUT2D eigenvalue weighted by Crippen LogP contribution is -2.48. The zero-order valence-electron chi connectivity index (χ0n) is 21.9. The lowest BCUT2D eigenvalue weighted by Gasteiger charge is -2.32. The van der Waals surface area contributed by atoms with Crippen molar-refractivity contribution >= 4 is 22.7 Å². The van der Waals surface area contributed by atoms with Crippen LogP contribution in [-0.2, 0) is 22.6 Å². The summed E-state index contributed by atoms with van der Waals surface area (Å²) in [6.45, 7) is 11.5. The molecule has 0 saturated carbocycles. The fourth-order valence-electron chi connectivity index (χ4n) is 4.23. The summed E-state index contributed by atoms with van der Waals surface area (Å²) in [7, 11) is 1.64. The highest BCUT2D eigenvalue weighted by Crippen LogP contribution is 2.21. The molecule has 0 aliphatic rings. The van der Waals surface area contributed by atoms with E-state index in [2.05, 4.69) is 31.0 Å². The smallest absolute Gasteiger partial charge is 0.242 e. The van der Waals surface area contributed by atoms with Gasteiger partial charge in [-0.05, 0) is 41.7 Å². The number of carbonyl (C=O) groups is 2. The number of para-hydroxylation sites is 1. The molecule has 0 saturated heterocycles. The molecule has 0 unspecified atom stereocenters. The second-order valence-corrected chi connectivity index (χ2v) is 10.6. The Labute approximate surface area is 209 Å². The molecule has 6 nitrogen and oxygen atoms in total. The Morgan fingerprint density at radius 1 is 1.00 bits per heavy atom. The quantitative estimate of drug-likeness (QED) is 0.432. The fraction of sp³-hybridized carbons (Fsp3) is 0.448. The summed E-state index contributed by atoms with van der Waals surface area (Å²) >= 11 is 0. The molecule has 6 heteroatoms. The summed E-state index contributed by atoms with van der Waals surface area (Å²) in [5.41, 5.74) is 2.75.